The number of carbonyl (C=O) groups is 1. The van der Waals surface area contributed by atoms with E-state index in [9.17, 15) is 9.90 Å². The number of amides is 1. The monoisotopic (exact) mass is 250 g/mol. The number of hydrogen-bond acceptors (Lipinski definition) is 3. The third-order valence-corrected chi connectivity index (χ3v) is 2.93. The van der Waals surface area contributed by atoms with Crippen LogP contribution >= 0.6 is 0 Å². The summed E-state index contributed by atoms with van der Waals surface area (Å²) in [5.41, 5.74) is 6.76. The van der Waals surface area contributed by atoms with E-state index < -0.39 is 5.91 Å². The highest BCUT2D eigenvalue weighted by atomic mass is 16.3. The van der Waals surface area contributed by atoms with E-state index >= 15 is 0 Å². The number of nitrogens with two attached hydrogens (primary N) is 1. The molecule has 0 fully saturated rings. The van der Waals surface area contributed by atoms with Crippen molar-refractivity contribution in [1.82, 2.24) is 5.32 Å². The van der Waals surface area contributed by atoms with E-state index in [0.29, 0.717) is 12.1 Å². The van der Waals surface area contributed by atoms with Gasteiger partial charge in [0.15, 0.2) is 0 Å². The highest BCUT2D eigenvalue weighted by Gasteiger charge is 2.08. The summed E-state index contributed by atoms with van der Waals surface area (Å²) in [4.78, 5) is 11.0. The third kappa shape index (κ3) is 4.85. The van der Waals surface area contributed by atoms with Gasteiger partial charge in [0.05, 0.1) is 6.10 Å². The van der Waals surface area contributed by atoms with Crippen molar-refractivity contribution in [2.24, 2.45) is 11.7 Å². The molecule has 1 rings (SSSR count). The van der Waals surface area contributed by atoms with Crippen molar-refractivity contribution in [1.29, 1.82) is 0 Å². The van der Waals surface area contributed by atoms with Crippen LogP contribution in [0.25, 0.3) is 0 Å². The van der Waals surface area contributed by atoms with Crippen molar-refractivity contribution in [2.75, 3.05) is 6.54 Å². The van der Waals surface area contributed by atoms with Gasteiger partial charge in [-0.3, -0.25) is 4.79 Å². The van der Waals surface area contributed by atoms with Gasteiger partial charge < -0.3 is 16.2 Å². The second-order valence-corrected chi connectivity index (χ2v) is 4.84. The first kappa shape index (κ1) is 14.7. The van der Waals surface area contributed by atoms with Crippen LogP contribution in [-0.4, -0.2) is 23.7 Å². The summed E-state index contributed by atoms with van der Waals surface area (Å²) in [6.07, 6.45) is 0.460. The first-order chi connectivity index (χ1) is 8.50. The molecule has 1 unspecified atom stereocenters. The summed E-state index contributed by atoms with van der Waals surface area (Å²) in [6.45, 7) is 5.42. The molecule has 100 valence electrons. The van der Waals surface area contributed by atoms with Gasteiger partial charge in [0.2, 0.25) is 5.91 Å². The molecule has 4 heteroatoms. The molecule has 18 heavy (non-hydrogen) atoms. The maximum atomic E-state index is 11.0. The molecule has 1 aromatic carbocycles. The first-order valence-corrected chi connectivity index (χ1v) is 6.28. The van der Waals surface area contributed by atoms with Gasteiger partial charge in [0.1, 0.15) is 0 Å². The molecule has 1 amide bonds. The van der Waals surface area contributed by atoms with Gasteiger partial charge in [0, 0.05) is 12.1 Å². The van der Waals surface area contributed by atoms with Crippen LogP contribution in [0.4, 0.5) is 0 Å². The number of carbonyl (C=O) groups excluding carboxylic acids is 1. The van der Waals surface area contributed by atoms with Crippen molar-refractivity contribution < 1.29 is 9.90 Å². The Balaban J connectivity index is 2.35. The second-order valence-electron chi connectivity index (χ2n) is 4.84. The fourth-order valence-corrected chi connectivity index (χ4v) is 1.65. The quantitative estimate of drug-likeness (QED) is 0.638. The van der Waals surface area contributed by atoms with Gasteiger partial charge in [-0.1, -0.05) is 26.0 Å². The lowest BCUT2D eigenvalue weighted by molar-refractivity contribution is 0.1000. The van der Waals surface area contributed by atoms with Crippen LogP contribution in [0.2, 0.25) is 0 Å². The topological polar surface area (TPSA) is 75.3 Å². The molecule has 0 bridgehead atoms. The average molecular weight is 250 g/mol. The summed E-state index contributed by atoms with van der Waals surface area (Å²) in [6, 6.07) is 7.25. The van der Waals surface area contributed by atoms with E-state index in [-0.39, 0.29) is 12.0 Å². The molecule has 1 aromatic rings. The third-order valence-electron chi connectivity index (χ3n) is 2.93. The van der Waals surface area contributed by atoms with Gasteiger partial charge >= 0.3 is 0 Å². The molecule has 0 aliphatic rings. The van der Waals surface area contributed by atoms with Gasteiger partial charge in [-0.25, -0.2) is 0 Å². The Hall–Kier alpha value is -1.39. The van der Waals surface area contributed by atoms with E-state index in [4.69, 9.17) is 5.73 Å². The molecule has 0 radical (unpaired) electrons. The molecular formula is C14H22N2O2. The number of benzene rings is 1. The summed E-state index contributed by atoms with van der Waals surface area (Å²) < 4.78 is 0. The highest BCUT2D eigenvalue weighted by Crippen LogP contribution is 2.06. The van der Waals surface area contributed by atoms with Crippen LogP contribution in [0.1, 0.15) is 36.2 Å². The average Bonchev–Trinajstić information content (AvgIpc) is 2.34. The van der Waals surface area contributed by atoms with Crippen molar-refractivity contribution in [2.45, 2.75) is 32.9 Å². The number of nitrogens with one attached hydrogen (secondary N) is 1. The van der Waals surface area contributed by atoms with Gasteiger partial charge in [0.25, 0.3) is 0 Å². The Bertz CT molecular complexity index is 391. The van der Waals surface area contributed by atoms with Gasteiger partial charge in [-0.2, -0.15) is 0 Å². The number of hydrogen-bond donors (Lipinski definition) is 3. The zero-order valence-corrected chi connectivity index (χ0v) is 11.0. The second kappa shape index (κ2) is 7.13. The maximum Gasteiger partial charge on any atom is 0.248 e. The van der Waals surface area contributed by atoms with Gasteiger partial charge in [-0.15, -0.1) is 0 Å². The lowest BCUT2D eigenvalue weighted by Crippen LogP contribution is -2.23. The zero-order valence-electron chi connectivity index (χ0n) is 11.0. The minimum Gasteiger partial charge on any atom is -0.393 e. The van der Waals surface area contributed by atoms with Gasteiger partial charge in [-0.05, 0) is 36.6 Å². The molecule has 0 aromatic heterocycles. The highest BCUT2D eigenvalue weighted by molar-refractivity contribution is 5.92. The Kier molecular flexibility index (Phi) is 5.82. The lowest BCUT2D eigenvalue weighted by Gasteiger charge is -2.14. The molecular weight excluding hydrogens is 228 g/mol. The summed E-state index contributed by atoms with van der Waals surface area (Å²) in [5.74, 6) is -0.128. The Morgan fingerprint density at radius 3 is 2.78 bits per heavy atom. The maximum absolute atomic E-state index is 11.0. The smallest absolute Gasteiger partial charge is 0.248 e. The molecule has 0 spiro atoms. The zero-order chi connectivity index (χ0) is 13.5. The standard InChI is InChI=1S/C14H22N2O2/c1-10(2)13(17)6-7-16-9-11-4-3-5-12(8-11)14(15)18/h3-5,8,10,13,16-17H,6-7,9H2,1-2H3,(H2,15,18). The minimum absolute atomic E-state index is 0.269. The molecule has 0 aliphatic carbocycles. The number of aliphatic hydroxyl groups excluding tert-OH is 1. The van der Waals surface area contributed by atoms with Crippen LogP contribution in [0.3, 0.4) is 0 Å². The van der Waals surface area contributed by atoms with Crippen molar-refractivity contribution >= 4 is 5.91 Å². The molecule has 4 nitrogen and oxygen atoms in total. The number of aliphatic hydroxyl groups is 1. The van der Waals surface area contributed by atoms with Crippen molar-refractivity contribution in [3.8, 4) is 0 Å². The predicted octanol–water partition coefficient (Wildman–Crippen LogP) is 1.28. The van der Waals surface area contributed by atoms with E-state index in [1.54, 1.807) is 12.1 Å². The van der Waals surface area contributed by atoms with Crippen LogP contribution < -0.4 is 11.1 Å². The van der Waals surface area contributed by atoms with Crippen molar-refractivity contribution in [3.63, 3.8) is 0 Å². The molecule has 0 heterocycles. The first-order valence-electron chi connectivity index (χ1n) is 6.28. The molecule has 4 N–H and O–H groups in total. The number of primary amides is 1. The van der Waals surface area contributed by atoms with E-state index in [1.807, 2.05) is 26.0 Å². The molecule has 0 aliphatic heterocycles. The fraction of sp³-hybridized carbons (Fsp3) is 0.500. The van der Waals surface area contributed by atoms with Crippen LogP contribution in [0.5, 0.6) is 0 Å². The number of rotatable bonds is 7. The Labute approximate surface area is 108 Å². The normalized spacial score (nSPS) is 12.7. The minimum atomic E-state index is -0.410. The molecule has 1 atom stereocenters. The Morgan fingerprint density at radius 1 is 1.44 bits per heavy atom. The lowest BCUT2D eigenvalue weighted by atomic mass is 10.0. The Morgan fingerprint density at radius 2 is 2.17 bits per heavy atom. The van der Waals surface area contributed by atoms with Crippen LogP contribution in [-0.2, 0) is 6.54 Å². The fourth-order valence-electron chi connectivity index (χ4n) is 1.65. The van der Waals surface area contributed by atoms with Crippen molar-refractivity contribution in [3.05, 3.63) is 35.4 Å². The largest absolute Gasteiger partial charge is 0.393 e. The van der Waals surface area contributed by atoms with Crippen LogP contribution in [0, 0.1) is 5.92 Å². The molecule has 0 saturated heterocycles. The molecule has 0 saturated carbocycles. The summed E-state index contributed by atoms with van der Waals surface area (Å²) in [7, 11) is 0. The van der Waals surface area contributed by atoms with Crippen LogP contribution in [0.15, 0.2) is 24.3 Å². The summed E-state index contributed by atoms with van der Waals surface area (Å²) in [5, 5.41) is 12.9. The van der Waals surface area contributed by atoms with E-state index in [1.165, 1.54) is 0 Å². The SMILES string of the molecule is CC(C)C(O)CCNCc1cccc(C(N)=O)c1. The van der Waals surface area contributed by atoms with E-state index in [2.05, 4.69) is 5.32 Å². The predicted molar refractivity (Wildman–Crippen MR) is 72.1 cm³/mol. The summed E-state index contributed by atoms with van der Waals surface area (Å²) >= 11 is 0. The van der Waals surface area contributed by atoms with E-state index in [0.717, 1.165) is 18.5 Å².